The molecule has 2 rings (SSSR count). The topological polar surface area (TPSA) is 83.6 Å². The molecule has 7 heteroatoms. The van der Waals surface area contributed by atoms with E-state index in [1.54, 1.807) is 6.26 Å². The van der Waals surface area contributed by atoms with Gasteiger partial charge in [0.1, 0.15) is 17.3 Å². The Bertz CT molecular complexity index is 611. The Labute approximate surface area is 105 Å². The van der Waals surface area contributed by atoms with E-state index >= 15 is 0 Å². The third-order valence-electron chi connectivity index (χ3n) is 2.28. The number of benzene rings is 1. The molecular formula is C11H8FNO4S. The summed E-state index contributed by atoms with van der Waals surface area (Å²) in [7, 11) is 0. The third kappa shape index (κ3) is 2.04. The van der Waals surface area contributed by atoms with Crippen molar-refractivity contribution in [1.29, 1.82) is 0 Å². The number of phenolic OH excluding ortho intramolecular Hbond substituents is 1. The highest BCUT2D eigenvalue weighted by Gasteiger charge is 2.18. The summed E-state index contributed by atoms with van der Waals surface area (Å²) in [6.45, 7) is 0. The molecule has 0 amide bonds. The van der Waals surface area contributed by atoms with Gasteiger partial charge in [0, 0.05) is 11.6 Å². The van der Waals surface area contributed by atoms with E-state index < -0.39 is 11.8 Å². The lowest BCUT2D eigenvalue weighted by atomic mass is 10.1. The second-order valence-corrected chi connectivity index (χ2v) is 4.18. The normalized spacial score (nSPS) is 10.6. The van der Waals surface area contributed by atoms with Crippen LogP contribution in [0.2, 0.25) is 0 Å². The molecule has 0 aliphatic heterocycles. The molecule has 0 bridgehead atoms. The maximum absolute atomic E-state index is 14.0. The fraction of sp³-hybridized carbons (Fsp3) is 0.0909. The highest BCUT2D eigenvalue weighted by molar-refractivity contribution is 7.98. The van der Waals surface area contributed by atoms with Crippen LogP contribution in [-0.4, -0.2) is 27.6 Å². The van der Waals surface area contributed by atoms with Gasteiger partial charge in [-0.15, -0.1) is 11.8 Å². The summed E-state index contributed by atoms with van der Waals surface area (Å²) in [5.41, 5.74) is 0.147. The number of phenols is 1. The average molecular weight is 269 g/mol. The first-order valence-electron chi connectivity index (χ1n) is 4.80. The second kappa shape index (κ2) is 4.69. The molecule has 5 nitrogen and oxygen atoms in total. The number of carbonyl (C=O) groups is 1. The molecule has 1 aromatic carbocycles. The molecule has 0 fully saturated rings. The first-order valence-corrected chi connectivity index (χ1v) is 6.03. The molecule has 0 saturated heterocycles. The van der Waals surface area contributed by atoms with Crippen LogP contribution >= 0.6 is 11.8 Å². The standard InChI is InChI=1S/C11H8FNO4S/c1-18-10-7(14)3-2-5(9(10)12)6-4-8(11(15)16)17-13-6/h2-4,14H,1H3,(H,15,16). The van der Waals surface area contributed by atoms with Gasteiger partial charge in [0.25, 0.3) is 0 Å². The fourth-order valence-corrected chi connectivity index (χ4v) is 2.01. The number of nitrogens with zero attached hydrogens (tertiary/aromatic N) is 1. The number of carboxylic acids is 1. The van der Waals surface area contributed by atoms with E-state index in [1.807, 2.05) is 0 Å². The monoisotopic (exact) mass is 269 g/mol. The summed E-state index contributed by atoms with van der Waals surface area (Å²) in [4.78, 5) is 10.7. The first-order chi connectivity index (χ1) is 8.54. The summed E-state index contributed by atoms with van der Waals surface area (Å²) in [5, 5.41) is 21.6. The second-order valence-electron chi connectivity index (χ2n) is 3.36. The number of hydrogen-bond donors (Lipinski definition) is 2. The van der Waals surface area contributed by atoms with Crippen LogP contribution in [0.4, 0.5) is 4.39 Å². The lowest BCUT2D eigenvalue weighted by molar-refractivity contribution is 0.0652. The SMILES string of the molecule is CSc1c(O)ccc(-c2cc(C(=O)O)on2)c1F. The minimum Gasteiger partial charge on any atom is -0.507 e. The molecule has 0 atom stereocenters. The zero-order chi connectivity index (χ0) is 13.3. The number of rotatable bonds is 3. The Hall–Kier alpha value is -2.02. The predicted octanol–water partition coefficient (Wildman–Crippen LogP) is 2.61. The number of carboxylic acid groups (broad SMARTS) is 1. The Balaban J connectivity index is 2.53. The quantitative estimate of drug-likeness (QED) is 0.833. The van der Waals surface area contributed by atoms with E-state index in [1.165, 1.54) is 12.1 Å². The molecule has 94 valence electrons. The van der Waals surface area contributed by atoms with Crippen molar-refractivity contribution in [2.45, 2.75) is 4.90 Å². The van der Waals surface area contributed by atoms with Crippen molar-refractivity contribution in [3.05, 3.63) is 29.8 Å². The molecule has 1 heterocycles. The Morgan fingerprint density at radius 3 is 2.78 bits per heavy atom. The smallest absolute Gasteiger partial charge is 0.374 e. The van der Waals surface area contributed by atoms with Gasteiger partial charge in [-0.2, -0.15) is 0 Å². The largest absolute Gasteiger partial charge is 0.507 e. The zero-order valence-corrected chi connectivity index (χ0v) is 9.99. The molecule has 0 unspecified atom stereocenters. The van der Waals surface area contributed by atoms with Crippen LogP contribution in [0, 0.1) is 5.82 Å². The van der Waals surface area contributed by atoms with Gasteiger partial charge in [0.15, 0.2) is 0 Å². The molecule has 0 aliphatic rings. The van der Waals surface area contributed by atoms with Crippen LogP contribution in [0.25, 0.3) is 11.3 Å². The van der Waals surface area contributed by atoms with Crippen molar-refractivity contribution in [1.82, 2.24) is 5.16 Å². The number of halogens is 1. The summed E-state index contributed by atoms with van der Waals surface area (Å²) in [6, 6.07) is 3.76. The van der Waals surface area contributed by atoms with Crippen LogP contribution in [0.5, 0.6) is 5.75 Å². The fourth-order valence-electron chi connectivity index (χ4n) is 1.44. The lowest BCUT2D eigenvalue weighted by Crippen LogP contribution is -1.92. The van der Waals surface area contributed by atoms with Crippen LogP contribution in [-0.2, 0) is 0 Å². The average Bonchev–Trinajstić information content (AvgIpc) is 2.79. The summed E-state index contributed by atoms with van der Waals surface area (Å²) in [5.74, 6) is -2.49. The minimum atomic E-state index is -1.28. The minimum absolute atomic E-state index is 0.0696. The van der Waals surface area contributed by atoms with Crippen LogP contribution in [0.15, 0.2) is 27.6 Å². The van der Waals surface area contributed by atoms with Crippen LogP contribution < -0.4 is 0 Å². The summed E-state index contributed by atoms with van der Waals surface area (Å²) in [6.07, 6.45) is 1.62. The molecule has 2 aromatic rings. The van der Waals surface area contributed by atoms with Gasteiger partial charge < -0.3 is 14.7 Å². The molecule has 0 spiro atoms. The van der Waals surface area contributed by atoms with Crippen LogP contribution in [0.3, 0.4) is 0 Å². The number of hydrogen-bond acceptors (Lipinski definition) is 5. The van der Waals surface area contributed by atoms with Crippen molar-refractivity contribution in [3.63, 3.8) is 0 Å². The van der Waals surface area contributed by atoms with Crippen molar-refractivity contribution >= 4 is 17.7 Å². The van der Waals surface area contributed by atoms with Crippen molar-refractivity contribution in [2.24, 2.45) is 0 Å². The maximum Gasteiger partial charge on any atom is 0.374 e. The zero-order valence-electron chi connectivity index (χ0n) is 9.18. The summed E-state index contributed by atoms with van der Waals surface area (Å²) >= 11 is 1.04. The van der Waals surface area contributed by atoms with Crippen LogP contribution in [0.1, 0.15) is 10.6 Å². The first kappa shape index (κ1) is 12.4. The van der Waals surface area contributed by atoms with E-state index in [-0.39, 0.29) is 27.7 Å². The molecular weight excluding hydrogens is 261 g/mol. The number of aromatic carboxylic acids is 1. The third-order valence-corrected chi connectivity index (χ3v) is 3.07. The van der Waals surface area contributed by atoms with E-state index in [0.29, 0.717) is 0 Å². The van der Waals surface area contributed by atoms with Gasteiger partial charge in [-0.1, -0.05) is 5.16 Å². The lowest BCUT2D eigenvalue weighted by Gasteiger charge is -2.05. The highest BCUT2D eigenvalue weighted by Crippen LogP contribution is 2.35. The van der Waals surface area contributed by atoms with Gasteiger partial charge in [-0.3, -0.25) is 0 Å². The van der Waals surface area contributed by atoms with Crippen molar-refractivity contribution in [2.75, 3.05) is 6.26 Å². The van der Waals surface area contributed by atoms with Gasteiger partial charge in [0.05, 0.1) is 4.90 Å². The van der Waals surface area contributed by atoms with Gasteiger partial charge >= 0.3 is 5.97 Å². The molecule has 18 heavy (non-hydrogen) atoms. The summed E-state index contributed by atoms with van der Waals surface area (Å²) < 4.78 is 18.6. The highest BCUT2D eigenvalue weighted by atomic mass is 32.2. The Morgan fingerprint density at radius 2 is 2.22 bits per heavy atom. The van der Waals surface area contributed by atoms with E-state index in [4.69, 9.17) is 5.11 Å². The van der Waals surface area contributed by atoms with E-state index in [0.717, 1.165) is 17.8 Å². The van der Waals surface area contributed by atoms with E-state index in [2.05, 4.69) is 9.68 Å². The Morgan fingerprint density at radius 1 is 1.50 bits per heavy atom. The Kier molecular flexibility index (Phi) is 3.24. The number of aromatic hydroxyl groups is 1. The van der Waals surface area contributed by atoms with Gasteiger partial charge in [0.2, 0.25) is 5.76 Å². The van der Waals surface area contributed by atoms with Gasteiger partial charge in [-0.05, 0) is 18.4 Å². The van der Waals surface area contributed by atoms with E-state index in [9.17, 15) is 14.3 Å². The van der Waals surface area contributed by atoms with Crippen molar-refractivity contribution in [3.8, 4) is 17.0 Å². The molecule has 2 N–H and O–H groups in total. The van der Waals surface area contributed by atoms with Gasteiger partial charge in [-0.25, -0.2) is 9.18 Å². The number of aromatic nitrogens is 1. The molecule has 0 radical (unpaired) electrons. The maximum atomic E-state index is 14.0. The molecule has 1 aromatic heterocycles. The molecule has 0 saturated carbocycles. The predicted molar refractivity (Wildman–Crippen MR) is 62.3 cm³/mol. The van der Waals surface area contributed by atoms with Crippen molar-refractivity contribution < 1.29 is 23.9 Å². The number of thioether (sulfide) groups is 1. The molecule has 0 aliphatic carbocycles.